The van der Waals surface area contributed by atoms with Crippen LogP contribution in [0, 0.1) is 12.8 Å². The topological polar surface area (TPSA) is 179 Å². The highest BCUT2D eigenvalue weighted by Gasteiger charge is 2.32. The van der Waals surface area contributed by atoms with Crippen LogP contribution in [0.15, 0.2) is 35.7 Å². The number of likely N-dealkylation sites (N-methyl/N-ethyl adjacent to an activating group) is 1. The van der Waals surface area contributed by atoms with Crippen molar-refractivity contribution in [3.63, 3.8) is 0 Å². The van der Waals surface area contributed by atoms with E-state index in [0.29, 0.717) is 11.4 Å². The van der Waals surface area contributed by atoms with Gasteiger partial charge in [0.15, 0.2) is 0 Å². The van der Waals surface area contributed by atoms with Crippen molar-refractivity contribution in [1.82, 2.24) is 36.5 Å². The lowest BCUT2D eigenvalue weighted by Crippen LogP contribution is -2.59. The molecule has 3 rings (SSSR count). The lowest BCUT2D eigenvalue weighted by atomic mass is 10.0. The fraction of sp³-hybridized carbons (Fsp3) is 0.500. The Labute approximate surface area is 260 Å². The molecule has 1 aromatic heterocycles. The van der Waals surface area contributed by atoms with Crippen molar-refractivity contribution in [2.75, 3.05) is 20.1 Å². The molecule has 0 aliphatic carbocycles. The Bertz CT molecular complexity index is 1350. The highest BCUT2D eigenvalue weighted by Crippen LogP contribution is 2.11. The van der Waals surface area contributed by atoms with Crippen LogP contribution < -0.4 is 26.6 Å². The zero-order chi connectivity index (χ0) is 32.4. The second-order valence-corrected chi connectivity index (χ2v) is 12.2. The third kappa shape index (κ3) is 9.86. The maximum atomic E-state index is 13.4. The van der Waals surface area contributed by atoms with Crippen molar-refractivity contribution in [3.05, 3.63) is 52.0 Å². The van der Waals surface area contributed by atoms with E-state index in [9.17, 15) is 28.8 Å². The van der Waals surface area contributed by atoms with E-state index >= 15 is 0 Å². The van der Waals surface area contributed by atoms with Crippen molar-refractivity contribution in [1.29, 1.82) is 0 Å². The molecule has 1 aliphatic heterocycles. The molecule has 238 valence electrons. The van der Waals surface area contributed by atoms with E-state index in [0.717, 1.165) is 5.56 Å². The van der Waals surface area contributed by atoms with Gasteiger partial charge in [-0.25, -0.2) is 4.98 Å². The molecule has 1 aromatic carbocycles. The summed E-state index contributed by atoms with van der Waals surface area (Å²) in [5.74, 6) is -3.58. The summed E-state index contributed by atoms with van der Waals surface area (Å²) in [6.45, 7) is 6.64. The zero-order valence-corrected chi connectivity index (χ0v) is 26.5. The predicted octanol–water partition coefficient (Wildman–Crippen LogP) is 0.291. The van der Waals surface area contributed by atoms with Gasteiger partial charge in [-0.1, -0.05) is 44.2 Å². The predicted molar refractivity (Wildman–Crippen MR) is 164 cm³/mol. The van der Waals surface area contributed by atoms with Crippen molar-refractivity contribution in [2.45, 2.75) is 71.1 Å². The Hall–Kier alpha value is -4.33. The van der Waals surface area contributed by atoms with E-state index in [4.69, 9.17) is 0 Å². The number of hydrogen-bond donors (Lipinski definition) is 5. The highest BCUT2D eigenvalue weighted by atomic mass is 32.1. The molecule has 1 aliphatic rings. The van der Waals surface area contributed by atoms with Crippen LogP contribution in [0.2, 0.25) is 0 Å². The normalized spacial score (nSPS) is 23.1. The summed E-state index contributed by atoms with van der Waals surface area (Å²) in [7, 11) is 1.47. The van der Waals surface area contributed by atoms with Gasteiger partial charge in [0.05, 0.1) is 11.6 Å². The van der Waals surface area contributed by atoms with Gasteiger partial charge < -0.3 is 31.5 Å². The molecule has 13 nitrogen and oxygen atoms in total. The van der Waals surface area contributed by atoms with Gasteiger partial charge in [0.1, 0.15) is 29.9 Å². The number of aryl methyl sites for hydroxylation is 1. The summed E-state index contributed by atoms with van der Waals surface area (Å²) < 4.78 is 0. The number of rotatable bonds is 5. The average Bonchev–Trinajstić information content (AvgIpc) is 3.42. The van der Waals surface area contributed by atoms with E-state index in [-0.39, 0.29) is 37.5 Å². The van der Waals surface area contributed by atoms with Gasteiger partial charge in [-0.05, 0) is 38.2 Å². The third-order valence-corrected chi connectivity index (χ3v) is 7.89. The smallest absolute Gasteiger partial charge is 0.271 e. The number of amides is 6. The van der Waals surface area contributed by atoms with Crippen LogP contribution >= 0.6 is 11.3 Å². The van der Waals surface area contributed by atoms with Crippen molar-refractivity contribution in [2.24, 2.45) is 5.92 Å². The number of nitrogens with one attached hydrogen (secondary N) is 5. The molecule has 6 amide bonds. The second-order valence-electron chi connectivity index (χ2n) is 11.2. The lowest BCUT2D eigenvalue weighted by Gasteiger charge is -2.28. The van der Waals surface area contributed by atoms with E-state index < -0.39 is 59.6 Å². The summed E-state index contributed by atoms with van der Waals surface area (Å²) in [6, 6.07) is 5.03. The summed E-state index contributed by atoms with van der Waals surface area (Å²) in [4.78, 5) is 84.2. The molecular weight excluding hydrogens is 586 g/mol. The van der Waals surface area contributed by atoms with Gasteiger partial charge in [-0.15, -0.1) is 11.3 Å². The Morgan fingerprint density at radius 1 is 1.05 bits per heavy atom. The monoisotopic (exact) mass is 627 g/mol. The first-order chi connectivity index (χ1) is 20.8. The Morgan fingerprint density at radius 2 is 1.75 bits per heavy atom. The van der Waals surface area contributed by atoms with Gasteiger partial charge in [0.25, 0.3) is 5.91 Å². The van der Waals surface area contributed by atoms with Crippen LogP contribution in [0.4, 0.5) is 0 Å². The van der Waals surface area contributed by atoms with Gasteiger partial charge in [0, 0.05) is 25.4 Å². The summed E-state index contributed by atoms with van der Waals surface area (Å²) >= 11 is 1.30. The number of carbonyl (C=O) groups excluding carboxylic acids is 6. The first-order valence-electron chi connectivity index (χ1n) is 14.6. The average molecular weight is 628 g/mol. The number of thiazole rings is 1. The third-order valence-electron chi connectivity index (χ3n) is 7.12. The van der Waals surface area contributed by atoms with Gasteiger partial charge in [0.2, 0.25) is 29.5 Å². The quantitative estimate of drug-likeness (QED) is 0.316. The minimum atomic E-state index is -1.05. The fourth-order valence-corrected chi connectivity index (χ4v) is 5.22. The van der Waals surface area contributed by atoms with E-state index in [1.165, 1.54) is 30.2 Å². The molecule has 0 bridgehead atoms. The standard InChI is InChI=1S/C30H41N7O6S/c1-17(2)25-29(42)32-18(3)26(39)35-22(14-20-10-7-6-8-11-20)30(43)37(5)15-24(38)31-13-9-12-21(27(40)36-25)34-28(41)23-16-44-19(4)33-23/h6-8,10-11,16-18,21-22,25H,9,12-15H2,1-5H3,(H,31,38)(H,32,42)(H,34,41)(H,35,39)(H,36,40)/t18-,21+,22+,25-/m1/s1. The van der Waals surface area contributed by atoms with Crippen LogP contribution in [0.25, 0.3) is 0 Å². The zero-order valence-electron chi connectivity index (χ0n) is 25.6. The first kappa shape index (κ1) is 34.2. The molecular formula is C30H41N7O6S. The Kier molecular flexibility index (Phi) is 12.4. The second kappa shape index (κ2) is 15.9. The summed E-state index contributed by atoms with van der Waals surface area (Å²) in [6.07, 6.45) is 0.649. The maximum Gasteiger partial charge on any atom is 0.271 e. The van der Waals surface area contributed by atoms with Crippen LogP contribution in [0.1, 0.15) is 54.7 Å². The summed E-state index contributed by atoms with van der Waals surface area (Å²) in [5.41, 5.74) is 0.973. The molecule has 0 saturated carbocycles. The molecule has 2 aromatic rings. The lowest BCUT2D eigenvalue weighted by molar-refractivity contribution is -0.139. The minimum absolute atomic E-state index is 0.153. The molecule has 1 saturated heterocycles. The molecule has 14 heteroatoms. The molecule has 44 heavy (non-hydrogen) atoms. The van der Waals surface area contributed by atoms with Crippen molar-refractivity contribution in [3.8, 4) is 0 Å². The van der Waals surface area contributed by atoms with E-state index in [1.54, 1.807) is 26.2 Å². The maximum absolute atomic E-state index is 13.4. The number of hydrogen-bond acceptors (Lipinski definition) is 8. The van der Waals surface area contributed by atoms with Crippen molar-refractivity contribution >= 4 is 46.8 Å². The van der Waals surface area contributed by atoms with Crippen LogP contribution in [0.3, 0.4) is 0 Å². The molecule has 1 fully saturated rings. The number of aromatic nitrogens is 1. The van der Waals surface area contributed by atoms with Gasteiger partial charge in [-0.3, -0.25) is 28.8 Å². The minimum Gasteiger partial charge on any atom is -0.355 e. The highest BCUT2D eigenvalue weighted by molar-refractivity contribution is 7.09. The fourth-order valence-electron chi connectivity index (χ4n) is 4.62. The SMILES string of the molecule is Cc1nc(C(=O)N[C@H]2CCCNC(=O)CN(C)C(=O)[C@H](Cc3ccccc3)NC(=O)[C@@H](C)NC(=O)[C@@H](C(C)C)NC2=O)cs1. The molecule has 0 unspecified atom stereocenters. The Balaban J connectivity index is 1.84. The number of carbonyl (C=O) groups is 6. The van der Waals surface area contributed by atoms with E-state index in [2.05, 4.69) is 31.6 Å². The molecule has 4 atom stereocenters. The largest absolute Gasteiger partial charge is 0.355 e. The van der Waals surface area contributed by atoms with E-state index in [1.807, 2.05) is 30.3 Å². The number of nitrogens with zero attached hydrogens (tertiary/aromatic N) is 2. The van der Waals surface area contributed by atoms with Gasteiger partial charge >= 0.3 is 0 Å². The molecule has 5 N–H and O–H groups in total. The van der Waals surface area contributed by atoms with Crippen LogP contribution in [-0.4, -0.2) is 89.6 Å². The molecule has 2 heterocycles. The van der Waals surface area contributed by atoms with Crippen LogP contribution in [-0.2, 0) is 30.4 Å². The van der Waals surface area contributed by atoms with Gasteiger partial charge in [-0.2, -0.15) is 0 Å². The van der Waals surface area contributed by atoms with Crippen LogP contribution in [0.5, 0.6) is 0 Å². The summed E-state index contributed by atoms with van der Waals surface area (Å²) in [5, 5.41) is 15.8. The first-order valence-corrected chi connectivity index (χ1v) is 15.4. The molecule has 0 radical (unpaired) electrons. The Morgan fingerprint density at radius 3 is 2.39 bits per heavy atom. The number of benzene rings is 1. The van der Waals surface area contributed by atoms with Crippen molar-refractivity contribution < 1.29 is 28.8 Å². The molecule has 0 spiro atoms.